The molecule has 0 bridgehead atoms. The van der Waals surface area contributed by atoms with E-state index in [2.05, 4.69) is 5.32 Å². The molecule has 0 rings (SSSR count). The van der Waals surface area contributed by atoms with Gasteiger partial charge in [-0.3, -0.25) is 0 Å². The second kappa shape index (κ2) is 11.8. The normalized spacial score (nSPS) is 8.18. The quantitative estimate of drug-likeness (QED) is 0.168. The van der Waals surface area contributed by atoms with Gasteiger partial charge in [-0.15, -0.1) is 0 Å². The Morgan fingerprint density at radius 1 is 1.18 bits per heavy atom. The van der Waals surface area contributed by atoms with Crippen molar-refractivity contribution in [3.63, 3.8) is 0 Å². The molecule has 0 unspecified atom stereocenters. The molecule has 0 aromatic rings. The van der Waals surface area contributed by atoms with Crippen molar-refractivity contribution in [2.75, 3.05) is 26.2 Å². The molecule has 0 fully saturated rings. The van der Waals surface area contributed by atoms with Crippen LogP contribution in [0.2, 0.25) is 0 Å². The van der Waals surface area contributed by atoms with Crippen molar-refractivity contribution in [3.8, 4) is 0 Å². The molecule has 0 aromatic heterocycles. The zero-order chi connectivity index (χ0) is 9.11. The van der Waals surface area contributed by atoms with Crippen LogP contribution in [-0.2, 0) is 0 Å². The first-order chi connectivity index (χ1) is 5.15. The van der Waals surface area contributed by atoms with Crippen LogP contribution in [0.3, 0.4) is 0 Å². The number of hydrogen-bond donors (Lipinski definition) is 6. The Morgan fingerprint density at radius 3 is 1.64 bits per heavy atom. The highest BCUT2D eigenvalue weighted by Gasteiger charge is 1.76. The largest absolute Gasteiger partial charge is 0.329 e. The van der Waals surface area contributed by atoms with Gasteiger partial charge in [0.2, 0.25) is 0 Å². The van der Waals surface area contributed by atoms with E-state index in [0.29, 0.717) is 13.1 Å². The van der Waals surface area contributed by atoms with Gasteiger partial charge in [0.15, 0.2) is 0 Å². The van der Waals surface area contributed by atoms with Crippen molar-refractivity contribution in [3.05, 3.63) is 0 Å². The van der Waals surface area contributed by atoms with Gasteiger partial charge in [0.1, 0.15) is 0 Å². The van der Waals surface area contributed by atoms with Crippen molar-refractivity contribution in [1.82, 2.24) is 5.32 Å². The molecule has 8 N–H and O–H groups in total. The molecule has 0 aliphatic carbocycles. The van der Waals surface area contributed by atoms with Crippen molar-refractivity contribution in [1.29, 1.82) is 5.53 Å². The van der Waals surface area contributed by atoms with Gasteiger partial charge < -0.3 is 16.8 Å². The Hall–Kier alpha value is -0.920. The van der Waals surface area contributed by atoms with Crippen molar-refractivity contribution < 1.29 is 15.4 Å². The molecule has 0 amide bonds. The predicted molar refractivity (Wildman–Crippen MR) is 37.5 cm³/mol. The van der Waals surface area contributed by atoms with Crippen LogP contribution in [0.15, 0.2) is 0 Å². The molecule has 0 spiro atoms. The molecule has 0 atom stereocenters. The van der Waals surface area contributed by atoms with Crippen molar-refractivity contribution >= 4 is 0 Å². The molecule has 0 aliphatic heterocycles. The second-order valence-electron chi connectivity index (χ2n) is 1.62. The van der Waals surface area contributed by atoms with Gasteiger partial charge in [0.25, 0.3) is 0 Å². The maximum atomic E-state index is 7.11. The van der Waals surface area contributed by atoms with Crippen LogP contribution in [0.1, 0.15) is 0 Å². The first kappa shape index (κ1) is 12.7. The first-order valence-corrected chi connectivity index (χ1v) is 3.15. The van der Waals surface area contributed by atoms with E-state index in [4.69, 9.17) is 27.4 Å². The van der Waals surface area contributed by atoms with Gasteiger partial charge in [-0.2, -0.15) is 0 Å². The van der Waals surface area contributed by atoms with E-state index in [-0.39, 0.29) is 0 Å². The molecule has 0 aliphatic rings. The maximum absolute atomic E-state index is 7.11. The van der Waals surface area contributed by atoms with Crippen LogP contribution in [0.25, 0.3) is 0 Å². The third-order valence-electron chi connectivity index (χ3n) is 0.642. The zero-order valence-corrected chi connectivity index (χ0v) is 6.32. The smallest absolute Gasteiger partial charge is 0.326 e. The Morgan fingerprint density at radius 2 is 1.45 bits per heavy atom. The number of nitrogens with zero attached hydrogens (tertiary/aromatic N) is 1. The van der Waals surface area contributed by atoms with Gasteiger partial charge in [-0.05, 0) is 0 Å². The topological polar surface area (TPSA) is 131 Å². The Kier molecular flexibility index (Phi) is 13.7. The standard InChI is InChI=1S/C4H13N3.H3N2O2/c5-1-3-7-4-2-6;1-2(3)4/h7H,1-6H2;(H3,1,3,4)/q;+1. The average Bonchev–Trinajstić information content (AvgIpc) is 1.88. The highest BCUT2D eigenvalue weighted by Crippen LogP contribution is 1.49. The van der Waals surface area contributed by atoms with Crippen LogP contribution < -0.4 is 16.8 Å². The number of nitrogens with one attached hydrogen (secondary N) is 2. The fourth-order valence-corrected chi connectivity index (χ4v) is 0.329. The fourth-order valence-electron chi connectivity index (χ4n) is 0.329. The number of rotatable bonds is 4. The maximum Gasteiger partial charge on any atom is 0.326 e. The SMILES string of the molecule is N=[N+](O)O.NCCNCCN. The summed E-state index contributed by atoms with van der Waals surface area (Å²) in [5.74, 6) is 0. The highest BCUT2D eigenvalue weighted by molar-refractivity contribution is 4.45. The summed E-state index contributed by atoms with van der Waals surface area (Å²) in [5.41, 5.74) is 15.9. The third-order valence-corrected chi connectivity index (χ3v) is 0.642. The lowest BCUT2D eigenvalue weighted by Gasteiger charge is -1.95. The van der Waals surface area contributed by atoms with Crippen LogP contribution in [0.4, 0.5) is 0 Å². The van der Waals surface area contributed by atoms with Gasteiger partial charge in [0.05, 0.1) is 0 Å². The third kappa shape index (κ3) is 48.0. The van der Waals surface area contributed by atoms with Gasteiger partial charge >= 0.3 is 5.02 Å². The number of hydrogen-bond acceptors (Lipinski definition) is 4. The first-order valence-electron chi connectivity index (χ1n) is 3.15. The molecule has 7 nitrogen and oxygen atoms in total. The lowest BCUT2D eigenvalue weighted by molar-refractivity contribution is -1.01. The van der Waals surface area contributed by atoms with E-state index in [9.17, 15) is 0 Å². The molecule has 7 heteroatoms. The molecule has 68 valence electrons. The van der Waals surface area contributed by atoms with E-state index in [1.807, 2.05) is 0 Å². The summed E-state index contributed by atoms with van der Waals surface area (Å²) in [5, 5.41) is 16.5. The second-order valence-corrected chi connectivity index (χ2v) is 1.62. The van der Waals surface area contributed by atoms with Crippen molar-refractivity contribution in [2.45, 2.75) is 0 Å². The monoisotopic (exact) mass is 166 g/mol. The van der Waals surface area contributed by atoms with E-state index >= 15 is 0 Å². The summed E-state index contributed by atoms with van der Waals surface area (Å²) in [7, 11) is 0. The molecule has 0 aromatic carbocycles. The highest BCUT2D eigenvalue weighted by atomic mass is 16.8. The van der Waals surface area contributed by atoms with Crippen LogP contribution in [-0.4, -0.2) is 41.6 Å². The van der Waals surface area contributed by atoms with Crippen LogP contribution in [0, 0.1) is 5.53 Å². The summed E-state index contributed by atoms with van der Waals surface area (Å²) >= 11 is 0. The summed E-state index contributed by atoms with van der Waals surface area (Å²) < 4.78 is 0. The average molecular weight is 166 g/mol. The van der Waals surface area contributed by atoms with Crippen LogP contribution in [0.5, 0.6) is 0 Å². The minimum absolute atomic E-state index is 0.694. The molecule has 0 radical (unpaired) electrons. The molecule has 0 heterocycles. The van der Waals surface area contributed by atoms with E-state index in [0.717, 1.165) is 13.1 Å². The Bertz CT molecular complexity index is 80.6. The van der Waals surface area contributed by atoms with E-state index in [1.54, 1.807) is 0 Å². The summed E-state index contributed by atoms with van der Waals surface area (Å²) in [4.78, 5) is 0. The van der Waals surface area contributed by atoms with Gasteiger partial charge in [0, 0.05) is 31.7 Å². The number of nitrogens with two attached hydrogens (primary N) is 2. The zero-order valence-electron chi connectivity index (χ0n) is 6.32. The van der Waals surface area contributed by atoms with Gasteiger partial charge in [-0.1, -0.05) is 0 Å². The lowest BCUT2D eigenvalue weighted by Crippen LogP contribution is -2.27. The summed E-state index contributed by atoms with van der Waals surface area (Å²) in [6.45, 7) is 3.13. The summed E-state index contributed by atoms with van der Waals surface area (Å²) in [6.07, 6.45) is 0. The molecular formula is C4H16N5O2+. The molecule has 0 saturated heterocycles. The van der Waals surface area contributed by atoms with E-state index in [1.165, 1.54) is 0 Å². The predicted octanol–water partition coefficient (Wildman–Crippen LogP) is -1.70. The minimum atomic E-state index is -0.750. The summed E-state index contributed by atoms with van der Waals surface area (Å²) in [6, 6.07) is 0. The Balaban J connectivity index is 0. The van der Waals surface area contributed by atoms with Crippen LogP contribution >= 0.6 is 0 Å². The molecular weight excluding hydrogens is 150 g/mol. The fraction of sp³-hybridized carbons (Fsp3) is 1.00. The molecule has 0 saturated carbocycles. The Labute approximate surface area is 65.0 Å². The van der Waals surface area contributed by atoms with Gasteiger partial charge in [-0.25, -0.2) is 10.4 Å². The van der Waals surface area contributed by atoms with Crippen molar-refractivity contribution in [2.24, 2.45) is 11.5 Å². The lowest BCUT2D eigenvalue weighted by atomic mass is 10.6. The molecule has 11 heavy (non-hydrogen) atoms. The minimum Gasteiger partial charge on any atom is -0.329 e. The van der Waals surface area contributed by atoms with E-state index < -0.39 is 5.02 Å².